The molecule has 0 aliphatic carbocycles. The van der Waals surface area contributed by atoms with Crippen LogP contribution in [0.4, 0.5) is 0 Å². The number of aromatic nitrogens is 5. The first kappa shape index (κ1) is 21.3. The van der Waals surface area contributed by atoms with Crippen molar-refractivity contribution in [2.45, 2.75) is 6.54 Å². The molecular formula is C24H21N5O5. The van der Waals surface area contributed by atoms with Crippen molar-refractivity contribution < 1.29 is 18.7 Å². The van der Waals surface area contributed by atoms with E-state index in [-0.39, 0.29) is 12.1 Å². The minimum absolute atomic E-state index is 0.116. The van der Waals surface area contributed by atoms with Crippen LogP contribution in [-0.2, 0) is 6.54 Å². The van der Waals surface area contributed by atoms with Gasteiger partial charge < -0.3 is 23.3 Å². The molecule has 5 aromatic rings. The smallest absolute Gasteiger partial charge is 0.277 e. The summed E-state index contributed by atoms with van der Waals surface area (Å²) in [6, 6.07) is 14.6. The molecule has 0 amide bonds. The average Bonchev–Trinajstić information content (AvgIpc) is 3.53. The largest absolute Gasteiger partial charge is 0.496 e. The number of methoxy groups -OCH3 is 3. The highest BCUT2D eigenvalue weighted by Gasteiger charge is 2.15. The van der Waals surface area contributed by atoms with E-state index >= 15 is 0 Å². The fourth-order valence-electron chi connectivity index (χ4n) is 3.70. The molecule has 0 aliphatic heterocycles. The Morgan fingerprint density at radius 1 is 0.912 bits per heavy atom. The molecule has 0 N–H and O–H groups in total. The van der Waals surface area contributed by atoms with Crippen LogP contribution in [0, 0.1) is 0 Å². The van der Waals surface area contributed by atoms with Crippen LogP contribution in [0.5, 0.6) is 17.2 Å². The molecule has 3 heterocycles. The van der Waals surface area contributed by atoms with E-state index in [1.807, 2.05) is 24.3 Å². The van der Waals surface area contributed by atoms with Crippen molar-refractivity contribution in [3.63, 3.8) is 0 Å². The maximum atomic E-state index is 13.1. The van der Waals surface area contributed by atoms with Crippen LogP contribution in [0.2, 0.25) is 0 Å². The van der Waals surface area contributed by atoms with Crippen LogP contribution < -0.4 is 19.8 Å². The highest BCUT2D eigenvalue weighted by Crippen LogP contribution is 2.31. The van der Waals surface area contributed by atoms with Crippen molar-refractivity contribution in [3.05, 3.63) is 77.2 Å². The Labute approximate surface area is 193 Å². The van der Waals surface area contributed by atoms with Crippen molar-refractivity contribution in [2.75, 3.05) is 21.3 Å². The lowest BCUT2D eigenvalue weighted by Crippen LogP contribution is -2.21. The van der Waals surface area contributed by atoms with Gasteiger partial charge in [-0.15, -0.1) is 0 Å². The number of hydrogen-bond acceptors (Lipinski definition) is 8. The van der Waals surface area contributed by atoms with Gasteiger partial charge >= 0.3 is 0 Å². The Hall–Kier alpha value is -4.60. The van der Waals surface area contributed by atoms with E-state index in [0.29, 0.717) is 45.7 Å². The molecule has 0 fully saturated rings. The predicted molar refractivity (Wildman–Crippen MR) is 123 cm³/mol. The maximum absolute atomic E-state index is 13.1. The third kappa shape index (κ3) is 3.75. The van der Waals surface area contributed by atoms with Gasteiger partial charge in [-0.05, 0) is 36.4 Å². The zero-order valence-electron chi connectivity index (χ0n) is 18.8. The van der Waals surface area contributed by atoms with E-state index in [2.05, 4.69) is 15.2 Å². The summed E-state index contributed by atoms with van der Waals surface area (Å²) in [6.07, 6.45) is 3.34. The summed E-state index contributed by atoms with van der Waals surface area (Å²) in [5, 5.41) is 8.56. The summed E-state index contributed by atoms with van der Waals surface area (Å²) in [5.41, 5.74) is 2.33. The Morgan fingerprint density at radius 3 is 2.50 bits per heavy atom. The zero-order valence-corrected chi connectivity index (χ0v) is 18.8. The molecule has 10 nitrogen and oxygen atoms in total. The lowest BCUT2D eigenvalue weighted by molar-refractivity contribution is 0.355. The Balaban J connectivity index is 1.44. The van der Waals surface area contributed by atoms with E-state index < -0.39 is 0 Å². The van der Waals surface area contributed by atoms with Crippen molar-refractivity contribution in [1.29, 1.82) is 0 Å². The highest BCUT2D eigenvalue weighted by atomic mass is 16.5. The molecule has 3 aromatic heterocycles. The molecular weight excluding hydrogens is 438 g/mol. The molecule has 0 saturated carbocycles. The van der Waals surface area contributed by atoms with Crippen LogP contribution in [-0.4, -0.2) is 45.7 Å². The summed E-state index contributed by atoms with van der Waals surface area (Å²) < 4.78 is 24.4. The van der Waals surface area contributed by atoms with Crippen molar-refractivity contribution >= 4 is 5.52 Å². The first-order chi connectivity index (χ1) is 16.6. The normalized spacial score (nSPS) is 11.0. The van der Waals surface area contributed by atoms with Gasteiger partial charge in [0.15, 0.2) is 11.5 Å². The molecule has 5 rings (SSSR count). The lowest BCUT2D eigenvalue weighted by Gasteiger charge is -2.07. The fourth-order valence-corrected chi connectivity index (χ4v) is 3.70. The number of nitrogens with zero attached hydrogens (tertiary/aromatic N) is 5. The molecule has 2 aromatic carbocycles. The summed E-state index contributed by atoms with van der Waals surface area (Å²) in [6.45, 7) is 0.116. The SMILES string of the molecule is COc1ccc(-c2noc(Cn3ccn4nc(-c5ccccc5OC)cc4c3=O)n2)cc1OC. The number of ether oxygens (including phenoxy) is 3. The maximum Gasteiger partial charge on any atom is 0.277 e. The van der Waals surface area contributed by atoms with Gasteiger partial charge in [-0.2, -0.15) is 10.1 Å². The van der Waals surface area contributed by atoms with Gasteiger partial charge in [-0.3, -0.25) is 4.79 Å². The van der Waals surface area contributed by atoms with Crippen molar-refractivity contribution in [2.24, 2.45) is 0 Å². The minimum Gasteiger partial charge on any atom is -0.496 e. The van der Waals surface area contributed by atoms with Gasteiger partial charge in [-0.1, -0.05) is 17.3 Å². The van der Waals surface area contributed by atoms with Gasteiger partial charge in [-0.25, -0.2) is 4.52 Å². The first-order valence-electron chi connectivity index (χ1n) is 10.4. The number of fused-ring (bicyclic) bond motifs is 1. The van der Waals surface area contributed by atoms with Gasteiger partial charge in [0.1, 0.15) is 17.8 Å². The molecule has 172 valence electrons. The van der Waals surface area contributed by atoms with Crippen molar-refractivity contribution in [1.82, 2.24) is 24.3 Å². The highest BCUT2D eigenvalue weighted by molar-refractivity contribution is 5.71. The Bertz CT molecular complexity index is 1530. The van der Waals surface area contributed by atoms with E-state index in [4.69, 9.17) is 18.7 Å². The zero-order chi connectivity index (χ0) is 23.7. The Kier molecular flexibility index (Phi) is 5.46. The van der Waals surface area contributed by atoms with Gasteiger partial charge in [0.05, 0.1) is 27.0 Å². The monoisotopic (exact) mass is 459 g/mol. The van der Waals surface area contributed by atoms with Gasteiger partial charge in [0.2, 0.25) is 11.7 Å². The average molecular weight is 459 g/mol. The fraction of sp³-hybridized carbons (Fsp3) is 0.167. The molecule has 0 radical (unpaired) electrons. The second-order valence-corrected chi connectivity index (χ2v) is 7.37. The molecule has 0 spiro atoms. The molecule has 10 heteroatoms. The molecule has 0 unspecified atom stereocenters. The van der Waals surface area contributed by atoms with E-state index in [0.717, 1.165) is 5.56 Å². The topological polar surface area (TPSA) is 106 Å². The number of benzene rings is 2. The number of para-hydroxylation sites is 1. The van der Waals surface area contributed by atoms with Gasteiger partial charge in [0, 0.05) is 23.5 Å². The van der Waals surface area contributed by atoms with Crippen LogP contribution in [0.1, 0.15) is 5.89 Å². The molecule has 0 atom stereocenters. The molecule has 0 aliphatic rings. The van der Waals surface area contributed by atoms with Gasteiger partial charge in [0.25, 0.3) is 5.56 Å². The van der Waals surface area contributed by atoms with Crippen LogP contribution in [0.25, 0.3) is 28.2 Å². The second-order valence-electron chi connectivity index (χ2n) is 7.37. The van der Waals surface area contributed by atoms with E-state index in [1.165, 1.54) is 4.57 Å². The second kappa shape index (κ2) is 8.74. The first-order valence-corrected chi connectivity index (χ1v) is 10.4. The molecule has 0 bridgehead atoms. The third-order valence-corrected chi connectivity index (χ3v) is 5.40. The number of hydrogen-bond donors (Lipinski definition) is 0. The summed E-state index contributed by atoms with van der Waals surface area (Å²) in [4.78, 5) is 17.5. The Morgan fingerprint density at radius 2 is 1.71 bits per heavy atom. The summed E-state index contributed by atoms with van der Waals surface area (Å²) >= 11 is 0. The van der Waals surface area contributed by atoms with Crippen LogP contribution in [0.3, 0.4) is 0 Å². The number of rotatable bonds is 7. The molecule has 34 heavy (non-hydrogen) atoms. The quantitative estimate of drug-likeness (QED) is 0.365. The minimum atomic E-state index is -0.234. The summed E-state index contributed by atoms with van der Waals surface area (Å²) in [5.74, 6) is 2.51. The van der Waals surface area contributed by atoms with E-state index in [1.54, 1.807) is 62.5 Å². The van der Waals surface area contributed by atoms with Crippen LogP contribution >= 0.6 is 0 Å². The third-order valence-electron chi connectivity index (χ3n) is 5.40. The predicted octanol–water partition coefficient (Wildman–Crippen LogP) is 3.29. The van der Waals surface area contributed by atoms with Crippen LogP contribution in [0.15, 0.2) is 70.2 Å². The molecule has 0 saturated heterocycles. The lowest BCUT2D eigenvalue weighted by atomic mass is 10.1. The summed E-state index contributed by atoms with van der Waals surface area (Å²) in [7, 11) is 4.72. The van der Waals surface area contributed by atoms with Crippen molar-refractivity contribution in [3.8, 4) is 39.9 Å². The van der Waals surface area contributed by atoms with E-state index in [9.17, 15) is 4.79 Å². The standard InChI is InChI=1S/C24H21N5O5/c1-31-19-7-5-4-6-16(19)17-13-18-24(30)28(10-11-29(18)26-17)14-22-25-23(27-34-22)15-8-9-20(32-2)21(12-15)33-3/h4-13H,14H2,1-3H3.